The van der Waals surface area contributed by atoms with Crippen molar-refractivity contribution in [3.05, 3.63) is 47.2 Å². The van der Waals surface area contributed by atoms with Gasteiger partial charge in [-0.3, -0.25) is 0 Å². The third-order valence-electron chi connectivity index (χ3n) is 2.90. The van der Waals surface area contributed by atoms with Gasteiger partial charge in [0, 0.05) is 5.39 Å². The Morgan fingerprint density at radius 2 is 2.33 bits per heavy atom. The van der Waals surface area contributed by atoms with Gasteiger partial charge in [-0.15, -0.1) is 6.58 Å². The van der Waals surface area contributed by atoms with Gasteiger partial charge in [-0.05, 0) is 47.4 Å². The molecule has 1 aromatic heterocycles. The normalized spacial score (nSPS) is 12.8. The van der Waals surface area contributed by atoms with Crippen molar-refractivity contribution in [1.29, 1.82) is 0 Å². The minimum atomic E-state index is 0.210. The van der Waals surface area contributed by atoms with E-state index in [1.165, 1.54) is 0 Å². The number of benzene rings is 1. The van der Waals surface area contributed by atoms with Crippen LogP contribution in [-0.4, -0.2) is 6.54 Å². The zero-order valence-corrected chi connectivity index (χ0v) is 12.2. The lowest BCUT2D eigenvalue weighted by molar-refractivity contribution is 0.431. The van der Waals surface area contributed by atoms with E-state index in [-0.39, 0.29) is 6.04 Å². The van der Waals surface area contributed by atoms with Crippen molar-refractivity contribution < 1.29 is 4.42 Å². The van der Waals surface area contributed by atoms with Gasteiger partial charge in [0.15, 0.2) is 0 Å². The lowest BCUT2D eigenvalue weighted by Crippen LogP contribution is -2.21. The molecule has 0 saturated carbocycles. The predicted molar refractivity (Wildman–Crippen MR) is 79.8 cm³/mol. The quantitative estimate of drug-likeness (QED) is 0.775. The van der Waals surface area contributed by atoms with Crippen LogP contribution in [0.1, 0.15) is 31.6 Å². The lowest BCUT2D eigenvalue weighted by Gasteiger charge is -2.13. The summed E-state index contributed by atoms with van der Waals surface area (Å²) in [4.78, 5) is 0. The third-order valence-corrected chi connectivity index (χ3v) is 3.53. The van der Waals surface area contributed by atoms with Gasteiger partial charge in [0.2, 0.25) is 0 Å². The molecule has 0 aliphatic rings. The SMILES string of the molecule is C=CCC(NCCC)c1cc2cccc(Br)c2o1. The highest BCUT2D eigenvalue weighted by Crippen LogP contribution is 2.30. The van der Waals surface area contributed by atoms with Gasteiger partial charge in [0.25, 0.3) is 0 Å². The van der Waals surface area contributed by atoms with Crippen molar-refractivity contribution >= 4 is 26.9 Å². The van der Waals surface area contributed by atoms with Crippen LogP contribution in [0.4, 0.5) is 0 Å². The second-order valence-electron chi connectivity index (χ2n) is 4.34. The lowest BCUT2D eigenvalue weighted by atomic mass is 10.1. The van der Waals surface area contributed by atoms with Gasteiger partial charge in [0.1, 0.15) is 11.3 Å². The molecule has 2 rings (SSSR count). The molecule has 2 nitrogen and oxygen atoms in total. The van der Waals surface area contributed by atoms with E-state index >= 15 is 0 Å². The molecule has 0 fully saturated rings. The van der Waals surface area contributed by atoms with E-state index < -0.39 is 0 Å². The Balaban J connectivity index is 2.32. The Labute approximate surface area is 116 Å². The molecule has 2 aromatic rings. The van der Waals surface area contributed by atoms with Crippen molar-refractivity contribution in [1.82, 2.24) is 5.32 Å². The first-order valence-corrected chi connectivity index (χ1v) is 7.07. The Morgan fingerprint density at radius 1 is 1.50 bits per heavy atom. The van der Waals surface area contributed by atoms with Crippen molar-refractivity contribution in [3.8, 4) is 0 Å². The minimum Gasteiger partial charge on any atom is -0.458 e. The highest BCUT2D eigenvalue weighted by atomic mass is 79.9. The molecule has 0 aliphatic heterocycles. The highest BCUT2D eigenvalue weighted by Gasteiger charge is 2.15. The van der Waals surface area contributed by atoms with Crippen LogP contribution in [0.2, 0.25) is 0 Å². The molecular formula is C15H18BrNO. The number of nitrogens with one attached hydrogen (secondary N) is 1. The summed E-state index contributed by atoms with van der Waals surface area (Å²) in [5.74, 6) is 0.977. The van der Waals surface area contributed by atoms with E-state index in [0.29, 0.717) is 0 Å². The number of fused-ring (bicyclic) bond motifs is 1. The van der Waals surface area contributed by atoms with Crippen LogP contribution >= 0.6 is 15.9 Å². The van der Waals surface area contributed by atoms with Crippen molar-refractivity contribution in [2.75, 3.05) is 6.54 Å². The standard InChI is InChI=1S/C15H18BrNO/c1-3-6-13(17-9-4-2)14-10-11-7-5-8-12(16)15(11)18-14/h3,5,7-8,10,13,17H,1,4,6,9H2,2H3. The van der Waals surface area contributed by atoms with E-state index in [1.54, 1.807) is 0 Å². The first kappa shape index (κ1) is 13.4. The largest absolute Gasteiger partial charge is 0.458 e. The second-order valence-corrected chi connectivity index (χ2v) is 5.19. The smallest absolute Gasteiger partial charge is 0.148 e. The fraction of sp³-hybridized carbons (Fsp3) is 0.333. The molecule has 0 saturated heterocycles. The zero-order valence-electron chi connectivity index (χ0n) is 10.6. The average Bonchev–Trinajstić information content (AvgIpc) is 2.80. The molecule has 96 valence electrons. The maximum absolute atomic E-state index is 5.95. The predicted octanol–water partition coefficient (Wildman–Crippen LogP) is 4.81. The number of para-hydroxylation sites is 1. The molecule has 3 heteroatoms. The van der Waals surface area contributed by atoms with E-state index in [2.05, 4.69) is 46.9 Å². The summed E-state index contributed by atoms with van der Waals surface area (Å²) in [5, 5.41) is 4.62. The van der Waals surface area contributed by atoms with Crippen LogP contribution < -0.4 is 5.32 Å². The first-order valence-electron chi connectivity index (χ1n) is 6.28. The van der Waals surface area contributed by atoms with E-state index in [0.717, 1.165) is 40.6 Å². The van der Waals surface area contributed by atoms with Crippen molar-refractivity contribution in [2.24, 2.45) is 0 Å². The van der Waals surface area contributed by atoms with E-state index in [1.807, 2.05) is 18.2 Å². The van der Waals surface area contributed by atoms with Crippen LogP contribution in [0.5, 0.6) is 0 Å². The van der Waals surface area contributed by atoms with Crippen molar-refractivity contribution in [2.45, 2.75) is 25.8 Å². The topological polar surface area (TPSA) is 25.2 Å². The molecule has 1 aromatic carbocycles. The number of hydrogen-bond donors (Lipinski definition) is 1. The van der Waals surface area contributed by atoms with Gasteiger partial charge in [-0.1, -0.05) is 25.1 Å². The summed E-state index contributed by atoms with van der Waals surface area (Å²) >= 11 is 3.52. The maximum atomic E-state index is 5.95. The minimum absolute atomic E-state index is 0.210. The van der Waals surface area contributed by atoms with Crippen LogP contribution in [0.3, 0.4) is 0 Å². The molecule has 0 aliphatic carbocycles. The fourth-order valence-corrected chi connectivity index (χ4v) is 2.47. The molecule has 1 N–H and O–H groups in total. The number of furan rings is 1. The van der Waals surface area contributed by atoms with E-state index in [9.17, 15) is 0 Å². The molecule has 1 unspecified atom stereocenters. The van der Waals surface area contributed by atoms with E-state index in [4.69, 9.17) is 4.42 Å². The molecule has 1 atom stereocenters. The van der Waals surface area contributed by atoms with Crippen LogP contribution in [0.15, 0.2) is 45.8 Å². The van der Waals surface area contributed by atoms with Crippen LogP contribution in [0.25, 0.3) is 11.0 Å². The van der Waals surface area contributed by atoms with Gasteiger partial charge < -0.3 is 9.73 Å². The summed E-state index contributed by atoms with van der Waals surface area (Å²) in [7, 11) is 0. The van der Waals surface area contributed by atoms with Gasteiger partial charge in [0.05, 0.1) is 10.5 Å². The highest BCUT2D eigenvalue weighted by molar-refractivity contribution is 9.10. The number of halogens is 1. The molecule has 0 spiro atoms. The molecular weight excluding hydrogens is 290 g/mol. The fourth-order valence-electron chi connectivity index (χ4n) is 2.00. The number of rotatable bonds is 6. The first-order chi connectivity index (χ1) is 8.76. The van der Waals surface area contributed by atoms with Crippen LogP contribution in [0, 0.1) is 0 Å². The summed E-state index contributed by atoms with van der Waals surface area (Å²) in [6.07, 6.45) is 3.91. The van der Waals surface area contributed by atoms with Crippen molar-refractivity contribution in [3.63, 3.8) is 0 Å². The Morgan fingerprint density at radius 3 is 3.00 bits per heavy atom. The summed E-state index contributed by atoms with van der Waals surface area (Å²) in [6.45, 7) is 6.96. The molecule has 0 bridgehead atoms. The Kier molecular flexibility index (Phi) is 4.61. The second kappa shape index (κ2) is 6.21. The summed E-state index contributed by atoms with van der Waals surface area (Å²) < 4.78 is 6.95. The number of hydrogen-bond acceptors (Lipinski definition) is 2. The summed E-state index contributed by atoms with van der Waals surface area (Å²) in [5.41, 5.74) is 0.917. The average molecular weight is 308 g/mol. The van der Waals surface area contributed by atoms with Gasteiger partial charge in [-0.25, -0.2) is 0 Å². The monoisotopic (exact) mass is 307 g/mol. The summed E-state index contributed by atoms with van der Waals surface area (Å²) in [6, 6.07) is 8.40. The van der Waals surface area contributed by atoms with Gasteiger partial charge >= 0.3 is 0 Å². The Hall–Kier alpha value is -1.06. The zero-order chi connectivity index (χ0) is 13.0. The molecule has 0 amide bonds. The Bertz CT molecular complexity index is 532. The third kappa shape index (κ3) is 2.85. The maximum Gasteiger partial charge on any atom is 0.148 e. The van der Waals surface area contributed by atoms with Crippen LogP contribution in [-0.2, 0) is 0 Å². The molecule has 0 radical (unpaired) electrons. The molecule has 18 heavy (non-hydrogen) atoms. The van der Waals surface area contributed by atoms with Gasteiger partial charge in [-0.2, -0.15) is 0 Å². The molecule has 1 heterocycles.